The highest BCUT2D eigenvalue weighted by molar-refractivity contribution is 7.16. The maximum Gasteiger partial charge on any atom is 0.242 e. The molecule has 7 nitrogen and oxygen atoms in total. The van der Waals surface area contributed by atoms with E-state index in [1.54, 1.807) is 18.3 Å². The lowest BCUT2D eigenvalue weighted by atomic mass is 10.1. The molecule has 1 fully saturated rings. The summed E-state index contributed by atoms with van der Waals surface area (Å²) in [5.41, 5.74) is 1.20. The third kappa shape index (κ3) is 7.47. The van der Waals surface area contributed by atoms with Gasteiger partial charge in [-0.1, -0.05) is 0 Å². The standard InChI is InChI=1S/C10H13NOS.C7H12N2O3/c1-6-5-9(8-3-4-8)13-10(6)11-7(2)12;1-8-7(12)6(9-5-11)3-2-4-10/h5,8H,3-4H2,1-2H3,(H,11,12);4-6H,2-3H2,1H3,(H,8,12)(H,9,11). The lowest BCUT2D eigenvalue weighted by Gasteiger charge is -2.11. The molecule has 0 bridgehead atoms. The minimum absolute atomic E-state index is 0.0206. The Hall–Kier alpha value is -2.22. The van der Waals surface area contributed by atoms with Gasteiger partial charge in [-0.15, -0.1) is 11.3 Å². The van der Waals surface area contributed by atoms with Gasteiger partial charge >= 0.3 is 0 Å². The fraction of sp³-hybridized carbons (Fsp3) is 0.529. The van der Waals surface area contributed by atoms with E-state index in [0.29, 0.717) is 19.1 Å². The van der Waals surface area contributed by atoms with Gasteiger partial charge in [0.15, 0.2) is 0 Å². The quantitative estimate of drug-likeness (QED) is 0.609. The van der Waals surface area contributed by atoms with Crippen LogP contribution in [0.3, 0.4) is 0 Å². The average molecular weight is 367 g/mol. The van der Waals surface area contributed by atoms with Crippen LogP contribution in [0.5, 0.6) is 0 Å². The monoisotopic (exact) mass is 367 g/mol. The van der Waals surface area contributed by atoms with Crippen molar-refractivity contribution in [2.75, 3.05) is 12.4 Å². The van der Waals surface area contributed by atoms with Gasteiger partial charge in [-0.25, -0.2) is 0 Å². The van der Waals surface area contributed by atoms with E-state index in [1.807, 2.05) is 6.92 Å². The topological polar surface area (TPSA) is 104 Å². The molecule has 1 heterocycles. The van der Waals surface area contributed by atoms with Crippen molar-refractivity contribution in [3.05, 3.63) is 16.5 Å². The van der Waals surface area contributed by atoms with Gasteiger partial charge < -0.3 is 20.7 Å². The van der Waals surface area contributed by atoms with Crippen LogP contribution in [0.1, 0.15) is 49.0 Å². The molecule has 1 aliphatic carbocycles. The smallest absolute Gasteiger partial charge is 0.242 e. The Morgan fingerprint density at radius 2 is 2.04 bits per heavy atom. The third-order valence-corrected chi connectivity index (χ3v) is 4.93. The van der Waals surface area contributed by atoms with E-state index in [4.69, 9.17) is 0 Å². The molecule has 1 aromatic rings. The van der Waals surface area contributed by atoms with Crippen LogP contribution in [0.25, 0.3) is 0 Å². The minimum Gasteiger partial charge on any atom is -0.357 e. The van der Waals surface area contributed by atoms with Gasteiger partial charge in [0.05, 0.1) is 5.00 Å². The molecule has 0 radical (unpaired) electrons. The normalized spacial score (nSPS) is 13.7. The van der Waals surface area contributed by atoms with Crippen molar-refractivity contribution in [3.8, 4) is 0 Å². The molecule has 138 valence electrons. The van der Waals surface area contributed by atoms with Gasteiger partial charge in [0.1, 0.15) is 12.3 Å². The Morgan fingerprint density at radius 3 is 2.52 bits per heavy atom. The van der Waals surface area contributed by atoms with Crippen molar-refractivity contribution in [3.63, 3.8) is 0 Å². The third-order valence-electron chi connectivity index (χ3n) is 3.61. The Labute approximate surface area is 151 Å². The summed E-state index contributed by atoms with van der Waals surface area (Å²) in [7, 11) is 1.47. The molecule has 0 saturated heterocycles. The van der Waals surface area contributed by atoms with Gasteiger partial charge in [-0.3, -0.25) is 14.4 Å². The number of anilines is 1. The number of nitrogens with one attached hydrogen (secondary N) is 3. The molecule has 2 rings (SSSR count). The number of carbonyl (C=O) groups is 4. The summed E-state index contributed by atoms with van der Waals surface area (Å²) in [4.78, 5) is 43.2. The largest absolute Gasteiger partial charge is 0.357 e. The Morgan fingerprint density at radius 1 is 1.36 bits per heavy atom. The van der Waals surface area contributed by atoms with E-state index < -0.39 is 6.04 Å². The second kappa shape index (κ2) is 10.6. The summed E-state index contributed by atoms with van der Waals surface area (Å²) in [6.07, 6.45) is 4.40. The molecule has 1 saturated carbocycles. The molecule has 3 N–H and O–H groups in total. The minimum atomic E-state index is -0.599. The highest BCUT2D eigenvalue weighted by Gasteiger charge is 2.26. The van der Waals surface area contributed by atoms with Gasteiger partial charge in [0.25, 0.3) is 0 Å². The number of carbonyl (C=O) groups excluding carboxylic acids is 4. The Bertz CT molecular complexity index is 611. The predicted octanol–water partition coefficient (Wildman–Crippen LogP) is 1.72. The van der Waals surface area contributed by atoms with Crippen molar-refractivity contribution in [2.24, 2.45) is 0 Å². The lowest BCUT2D eigenvalue weighted by molar-refractivity contribution is -0.125. The molecular weight excluding hydrogens is 342 g/mol. The molecule has 0 aromatic carbocycles. The summed E-state index contributed by atoms with van der Waals surface area (Å²) in [6, 6.07) is 1.60. The number of hydrogen-bond acceptors (Lipinski definition) is 5. The second-order valence-corrected chi connectivity index (χ2v) is 6.90. The van der Waals surface area contributed by atoms with Crippen molar-refractivity contribution in [1.29, 1.82) is 0 Å². The fourth-order valence-corrected chi connectivity index (χ4v) is 3.43. The zero-order valence-corrected chi connectivity index (χ0v) is 15.6. The maximum absolute atomic E-state index is 11.0. The van der Waals surface area contributed by atoms with Crippen LogP contribution in [0.2, 0.25) is 0 Å². The summed E-state index contributed by atoms with van der Waals surface area (Å²) < 4.78 is 0. The maximum atomic E-state index is 11.0. The highest BCUT2D eigenvalue weighted by Crippen LogP contribution is 2.45. The molecule has 0 aliphatic heterocycles. The number of aryl methyl sites for hydroxylation is 1. The van der Waals surface area contributed by atoms with Crippen LogP contribution in [0, 0.1) is 6.92 Å². The highest BCUT2D eigenvalue weighted by atomic mass is 32.1. The summed E-state index contributed by atoms with van der Waals surface area (Å²) >= 11 is 1.73. The van der Waals surface area contributed by atoms with E-state index in [0.717, 1.165) is 10.9 Å². The van der Waals surface area contributed by atoms with Crippen LogP contribution >= 0.6 is 11.3 Å². The van der Waals surface area contributed by atoms with Gasteiger partial charge in [-0.2, -0.15) is 0 Å². The van der Waals surface area contributed by atoms with E-state index in [2.05, 4.69) is 22.0 Å². The molecule has 1 aliphatic rings. The molecule has 0 spiro atoms. The number of aldehydes is 1. The fourth-order valence-electron chi connectivity index (χ4n) is 2.14. The van der Waals surface area contributed by atoms with Crippen molar-refractivity contribution in [1.82, 2.24) is 10.6 Å². The summed E-state index contributed by atoms with van der Waals surface area (Å²) in [5, 5.41) is 8.58. The van der Waals surface area contributed by atoms with Gasteiger partial charge in [-0.05, 0) is 43.7 Å². The zero-order chi connectivity index (χ0) is 18.8. The van der Waals surface area contributed by atoms with Crippen molar-refractivity contribution < 1.29 is 19.2 Å². The first-order valence-corrected chi connectivity index (χ1v) is 8.97. The van der Waals surface area contributed by atoms with Crippen LogP contribution in [-0.2, 0) is 19.2 Å². The van der Waals surface area contributed by atoms with Crippen molar-refractivity contribution in [2.45, 2.75) is 51.5 Å². The summed E-state index contributed by atoms with van der Waals surface area (Å²) in [5.74, 6) is 0.516. The molecule has 25 heavy (non-hydrogen) atoms. The zero-order valence-electron chi connectivity index (χ0n) is 14.8. The second-order valence-electron chi connectivity index (χ2n) is 5.81. The summed E-state index contributed by atoms with van der Waals surface area (Å²) in [6.45, 7) is 3.60. The lowest BCUT2D eigenvalue weighted by Crippen LogP contribution is -2.42. The number of rotatable bonds is 8. The molecular formula is C17H25N3O4S. The Balaban J connectivity index is 0.000000252. The molecule has 8 heteroatoms. The molecule has 1 unspecified atom stereocenters. The first kappa shape index (κ1) is 20.8. The van der Waals surface area contributed by atoms with E-state index in [9.17, 15) is 19.2 Å². The molecule has 1 atom stereocenters. The van der Waals surface area contributed by atoms with E-state index >= 15 is 0 Å². The van der Waals surface area contributed by atoms with E-state index in [-0.39, 0.29) is 18.2 Å². The van der Waals surface area contributed by atoms with Gasteiger partial charge in [0.2, 0.25) is 18.2 Å². The number of hydrogen-bond donors (Lipinski definition) is 3. The first-order valence-electron chi connectivity index (χ1n) is 8.15. The number of likely N-dealkylation sites (N-methyl/N-ethyl adjacent to an activating group) is 1. The first-order chi connectivity index (χ1) is 11.9. The van der Waals surface area contributed by atoms with Crippen LogP contribution < -0.4 is 16.0 Å². The van der Waals surface area contributed by atoms with Gasteiger partial charge in [0, 0.05) is 25.3 Å². The molecule has 3 amide bonds. The number of thiophene rings is 1. The van der Waals surface area contributed by atoms with Crippen LogP contribution in [-0.4, -0.2) is 37.6 Å². The Kier molecular flexibility index (Phi) is 8.83. The SMILES string of the molecule is CC(=O)Nc1sc(C2CC2)cc1C.CNC(=O)C(CCC=O)NC=O. The predicted molar refractivity (Wildman–Crippen MR) is 97.7 cm³/mol. The number of amides is 3. The van der Waals surface area contributed by atoms with E-state index in [1.165, 1.54) is 30.3 Å². The average Bonchev–Trinajstić information content (AvgIpc) is 3.36. The van der Waals surface area contributed by atoms with Crippen LogP contribution in [0.15, 0.2) is 6.07 Å². The van der Waals surface area contributed by atoms with Crippen LogP contribution in [0.4, 0.5) is 5.00 Å². The van der Waals surface area contributed by atoms with Crippen molar-refractivity contribution >= 4 is 40.8 Å². The molecule has 1 aromatic heterocycles.